The molecular formula is C36H47N3. The fourth-order valence-electron chi connectivity index (χ4n) is 6.92. The van der Waals surface area contributed by atoms with Crippen molar-refractivity contribution in [1.82, 2.24) is 4.90 Å². The zero-order chi connectivity index (χ0) is 27.9. The molecule has 1 heterocycles. The Balaban J connectivity index is 1.74. The number of hydrogen-bond acceptors (Lipinski definition) is 2. The van der Waals surface area contributed by atoms with Gasteiger partial charge in [0.2, 0.25) is 0 Å². The minimum absolute atomic E-state index is 0.0280. The smallest absolute Gasteiger partial charge is 0.138 e. The molecule has 4 atom stereocenters. The standard InChI is InChI=1S/C36H47N3/c1-8-10-16-26-20-30(23(3)4)33(31(21-26)24(5)6)39(34(37)27-17-12-11-15-25(27)7)35-29-19-14-13-18-28(29)32-22-36(32,9-2)38-35/h11-15,17-21,23-24,30,32-33,37H,8-10,16,22H2,1-7H3/t30?,32?,33?,36-/m0/s1. The van der Waals surface area contributed by atoms with Gasteiger partial charge in [0, 0.05) is 23.0 Å². The Kier molecular flexibility index (Phi) is 7.73. The number of unbranched alkanes of at least 4 members (excludes halogenated alkanes) is 1. The number of aliphatic imine (C=N–C) groups is 1. The van der Waals surface area contributed by atoms with Crippen LogP contribution in [-0.4, -0.2) is 28.2 Å². The Hall–Kier alpha value is -2.94. The van der Waals surface area contributed by atoms with E-state index in [-0.39, 0.29) is 11.6 Å². The summed E-state index contributed by atoms with van der Waals surface area (Å²) in [6, 6.07) is 17.3. The fraction of sp³-hybridized carbons (Fsp3) is 0.500. The second-order valence-corrected chi connectivity index (χ2v) is 12.7. The summed E-state index contributed by atoms with van der Waals surface area (Å²) < 4.78 is 0. The van der Waals surface area contributed by atoms with Gasteiger partial charge in [-0.05, 0) is 61.1 Å². The largest absolute Gasteiger partial charge is 0.303 e. The van der Waals surface area contributed by atoms with E-state index in [2.05, 4.69) is 114 Å². The van der Waals surface area contributed by atoms with Crippen LogP contribution >= 0.6 is 0 Å². The lowest BCUT2D eigenvalue weighted by Gasteiger charge is -2.45. The van der Waals surface area contributed by atoms with E-state index >= 15 is 0 Å². The molecular weight excluding hydrogens is 474 g/mol. The summed E-state index contributed by atoms with van der Waals surface area (Å²) in [7, 11) is 0. The molecule has 1 N–H and O–H groups in total. The Morgan fingerprint density at radius 3 is 2.44 bits per heavy atom. The molecule has 39 heavy (non-hydrogen) atoms. The molecule has 0 aromatic heterocycles. The maximum absolute atomic E-state index is 9.86. The first-order chi connectivity index (χ1) is 18.7. The van der Waals surface area contributed by atoms with Gasteiger partial charge in [-0.1, -0.05) is 114 Å². The molecule has 3 aliphatic rings. The maximum atomic E-state index is 9.86. The molecule has 3 nitrogen and oxygen atoms in total. The quantitative estimate of drug-likeness (QED) is 0.273. The lowest BCUT2D eigenvalue weighted by molar-refractivity contribution is 0.296. The summed E-state index contributed by atoms with van der Waals surface area (Å²) in [6.07, 6.45) is 10.7. The number of fused-ring (bicyclic) bond motifs is 3. The maximum Gasteiger partial charge on any atom is 0.138 e. The molecule has 3 heteroatoms. The Morgan fingerprint density at radius 2 is 1.77 bits per heavy atom. The number of hydrogen-bond donors (Lipinski definition) is 1. The van der Waals surface area contributed by atoms with Gasteiger partial charge in [-0.3, -0.25) is 10.4 Å². The number of allylic oxidation sites excluding steroid dienone is 2. The number of aryl methyl sites for hydroxylation is 1. The first-order valence-electron chi connectivity index (χ1n) is 15.3. The highest BCUT2D eigenvalue weighted by atomic mass is 15.3. The van der Waals surface area contributed by atoms with E-state index in [0.717, 1.165) is 36.2 Å². The third-order valence-corrected chi connectivity index (χ3v) is 9.43. The molecule has 0 amide bonds. The van der Waals surface area contributed by atoms with Crippen molar-refractivity contribution in [1.29, 1.82) is 5.41 Å². The van der Waals surface area contributed by atoms with Crippen molar-refractivity contribution in [3.05, 3.63) is 94.1 Å². The molecule has 1 aliphatic heterocycles. The first-order valence-corrected chi connectivity index (χ1v) is 15.3. The van der Waals surface area contributed by atoms with E-state index in [9.17, 15) is 5.41 Å². The zero-order valence-corrected chi connectivity index (χ0v) is 25.1. The van der Waals surface area contributed by atoms with Gasteiger partial charge in [0.1, 0.15) is 11.7 Å². The zero-order valence-electron chi connectivity index (χ0n) is 25.1. The summed E-state index contributed by atoms with van der Waals surface area (Å²) in [6.45, 7) is 16.1. The lowest BCUT2D eigenvalue weighted by atomic mass is 9.73. The van der Waals surface area contributed by atoms with Gasteiger partial charge >= 0.3 is 0 Å². The molecule has 206 valence electrons. The van der Waals surface area contributed by atoms with E-state index in [0.29, 0.717) is 29.5 Å². The van der Waals surface area contributed by atoms with E-state index in [1.807, 2.05) is 0 Å². The third kappa shape index (κ3) is 4.94. The van der Waals surface area contributed by atoms with Crippen molar-refractivity contribution in [2.75, 3.05) is 0 Å². The molecule has 0 spiro atoms. The van der Waals surface area contributed by atoms with Crippen LogP contribution in [0.5, 0.6) is 0 Å². The van der Waals surface area contributed by atoms with E-state index in [4.69, 9.17) is 4.99 Å². The van der Waals surface area contributed by atoms with Gasteiger partial charge in [0.25, 0.3) is 0 Å². The lowest BCUT2D eigenvalue weighted by Crippen LogP contribution is -2.53. The molecule has 2 aromatic carbocycles. The summed E-state index contributed by atoms with van der Waals surface area (Å²) in [5, 5.41) is 9.86. The summed E-state index contributed by atoms with van der Waals surface area (Å²) in [5.74, 6) is 3.19. The second-order valence-electron chi connectivity index (χ2n) is 12.7. The highest BCUT2D eigenvalue weighted by molar-refractivity contribution is 6.16. The summed E-state index contributed by atoms with van der Waals surface area (Å²) in [5.41, 5.74) is 7.64. The van der Waals surface area contributed by atoms with Gasteiger partial charge in [0.05, 0.1) is 11.6 Å². The molecule has 0 saturated heterocycles. The van der Waals surface area contributed by atoms with Gasteiger partial charge in [-0.25, -0.2) is 0 Å². The monoisotopic (exact) mass is 521 g/mol. The Morgan fingerprint density at radius 1 is 1.05 bits per heavy atom. The van der Waals surface area contributed by atoms with Gasteiger partial charge < -0.3 is 4.90 Å². The molecule has 0 bridgehead atoms. The molecule has 1 saturated carbocycles. The fourth-order valence-corrected chi connectivity index (χ4v) is 6.92. The van der Waals surface area contributed by atoms with Crippen molar-refractivity contribution in [2.45, 2.75) is 98.1 Å². The number of nitrogens with zero attached hydrogens (tertiary/aromatic N) is 2. The predicted octanol–water partition coefficient (Wildman–Crippen LogP) is 9.07. The average molecular weight is 522 g/mol. The van der Waals surface area contributed by atoms with Crippen LogP contribution in [0.25, 0.3) is 0 Å². The van der Waals surface area contributed by atoms with Crippen LogP contribution in [0, 0.1) is 30.1 Å². The Labute approximate surface area is 236 Å². The minimum atomic E-state index is -0.0280. The van der Waals surface area contributed by atoms with Gasteiger partial charge in [0.15, 0.2) is 0 Å². The van der Waals surface area contributed by atoms with Crippen LogP contribution in [-0.2, 0) is 0 Å². The SMILES string of the molecule is CCCCC1=CC(C(C)C)C(N(C(=N)c2ccccc2C)C2=N[C@@]3(CC)CC3c3ccccc32)C(C(C)C)=C1. The highest BCUT2D eigenvalue weighted by Gasteiger charge is 2.58. The van der Waals surface area contributed by atoms with Crippen LogP contribution in [0.2, 0.25) is 0 Å². The van der Waals surface area contributed by atoms with Crippen molar-refractivity contribution >= 4 is 11.7 Å². The molecule has 5 rings (SSSR count). The van der Waals surface area contributed by atoms with Crippen LogP contribution in [0.4, 0.5) is 0 Å². The van der Waals surface area contributed by atoms with E-state index in [1.165, 1.54) is 35.1 Å². The van der Waals surface area contributed by atoms with Crippen LogP contribution in [0.3, 0.4) is 0 Å². The van der Waals surface area contributed by atoms with Crippen LogP contribution < -0.4 is 0 Å². The molecule has 2 aliphatic carbocycles. The first kappa shape index (κ1) is 27.6. The highest BCUT2D eigenvalue weighted by Crippen LogP contribution is 2.60. The van der Waals surface area contributed by atoms with Crippen LogP contribution in [0.15, 0.2) is 76.8 Å². The second kappa shape index (κ2) is 10.9. The summed E-state index contributed by atoms with van der Waals surface area (Å²) in [4.78, 5) is 7.97. The third-order valence-electron chi connectivity index (χ3n) is 9.43. The van der Waals surface area contributed by atoms with Crippen LogP contribution in [0.1, 0.15) is 102 Å². The van der Waals surface area contributed by atoms with E-state index < -0.39 is 0 Å². The predicted molar refractivity (Wildman–Crippen MR) is 166 cm³/mol. The van der Waals surface area contributed by atoms with Crippen molar-refractivity contribution < 1.29 is 0 Å². The average Bonchev–Trinajstić information content (AvgIpc) is 3.67. The Bertz CT molecular complexity index is 1330. The molecule has 2 aromatic rings. The number of nitrogens with one attached hydrogen (secondary N) is 1. The summed E-state index contributed by atoms with van der Waals surface area (Å²) >= 11 is 0. The topological polar surface area (TPSA) is 39.5 Å². The molecule has 1 fully saturated rings. The van der Waals surface area contributed by atoms with Crippen molar-refractivity contribution in [2.24, 2.45) is 22.7 Å². The molecule has 3 unspecified atom stereocenters. The number of benzene rings is 2. The number of rotatable bonds is 8. The molecule has 0 radical (unpaired) electrons. The normalized spacial score (nSPS) is 25.5. The van der Waals surface area contributed by atoms with E-state index in [1.54, 1.807) is 0 Å². The van der Waals surface area contributed by atoms with Gasteiger partial charge in [-0.2, -0.15) is 0 Å². The minimum Gasteiger partial charge on any atom is -0.303 e. The number of amidine groups is 2. The van der Waals surface area contributed by atoms with Crippen molar-refractivity contribution in [3.63, 3.8) is 0 Å². The van der Waals surface area contributed by atoms with Gasteiger partial charge in [-0.15, -0.1) is 0 Å². The van der Waals surface area contributed by atoms with Crippen molar-refractivity contribution in [3.8, 4) is 0 Å².